The van der Waals surface area contributed by atoms with E-state index in [1.165, 1.54) is 12.3 Å². The van der Waals surface area contributed by atoms with Gasteiger partial charge >= 0.3 is 0 Å². The van der Waals surface area contributed by atoms with Gasteiger partial charge in [-0.2, -0.15) is 0 Å². The Hall–Kier alpha value is -3.55. The topological polar surface area (TPSA) is 87.3 Å². The number of carbonyl (C=O) groups excluding carboxylic acids is 1. The van der Waals surface area contributed by atoms with E-state index in [2.05, 4.69) is 9.97 Å². The van der Waals surface area contributed by atoms with Crippen molar-refractivity contribution in [1.82, 2.24) is 9.97 Å². The smallest absolute Gasteiger partial charge is 0.229 e. The summed E-state index contributed by atoms with van der Waals surface area (Å²) in [7, 11) is 1.58. The SMILES string of the molecule is COc1ccc([C@@H]2CCCC(C(C)(C(N)=O)c3ccc(Oc4ccc(F)cc4F)cn3)C2)cn1. The van der Waals surface area contributed by atoms with E-state index in [0.717, 1.165) is 43.4 Å². The molecule has 0 aliphatic heterocycles. The second-order valence-corrected chi connectivity index (χ2v) is 8.82. The van der Waals surface area contributed by atoms with Crippen molar-refractivity contribution in [2.45, 2.75) is 43.9 Å². The number of methoxy groups -OCH3 is 1. The lowest BCUT2D eigenvalue weighted by molar-refractivity contribution is -0.125. The molecule has 1 aliphatic rings. The molecule has 0 radical (unpaired) electrons. The van der Waals surface area contributed by atoms with Gasteiger partial charge in [-0.1, -0.05) is 12.5 Å². The van der Waals surface area contributed by atoms with Crippen molar-refractivity contribution in [2.24, 2.45) is 11.7 Å². The van der Waals surface area contributed by atoms with E-state index < -0.39 is 23.0 Å². The van der Waals surface area contributed by atoms with Crippen LogP contribution in [0.3, 0.4) is 0 Å². The Morgan fingerprint density at radius 2 is 1.91 bits per heavy atom. The Morgan fingerprint density at radius 3 is 2.53 bits per heavy atom. The molecule has 1 saturated carbocycles. The van der Waals surface area contributed by atoms with Crippen LogP contribution in [0.1, 0.15) is 49.8 Å². The summed E-state index contributed by atoms with van der Waals surface area (Å²) in [5.41, 5.74) is 6.58. The van der Waals surface area contributed by atoms with Crippen LogP contribution in [0, 0.1) is 17.6 Å². The minimum Gasteiger partial charge on any atom is -0.481 e. The van der Waals surface area contributed by atoms with Gasteiger partial charge in [0.2, 0.25) is 11.8 Å². The van der Waals surface area contributed by atoms with Gasteiger partial charge in [0.05, 0.1) is 24.4 Å². The third kappa shape index (κ3) is 4.71. The molecule has 34 heavy (non-hydrogen) atoms. The molecule has 1 fully saturated rings. The van der Waals surface area contributed by atoms with Gasteiger partial charge in [-0.3, -0.25) is 9.78 Å². The summed E-state index contributed by atoms with van der Waals surface area (Å²) in [5.74, 6) is -0.996. The van der Waals surface area contributed by atoms with Crippen LogP contribution in [0.5, 0.6) is 17.4 Å². The first kappa shape index (κ1) is 23.6. The Morgan fingerprint density at radius 1 is 1.09 bits per heavy atom. The molecule has 2 unspecified atom stereocenters. The molecular weight excluding hydrogens is 440 g/mol. The second-order valence-electron chi connectivity index (χ2n) is 8.82. The van der Waals surface area contributed by atoms with E-state index in [-0.39, 0.29) is 23.3 Å². The van der Waals surface area contributed by atoms with E-state index in [0.29, 0.717) is 11.6 Å². The van der Waals surface area contributed by atoms with Crippen molar-refractivity contribution in [3.05, 3.63) is 77.8 Å². The summed E-state index contributed by atoms with van der Waals surface area (Å²) in [6.45, 7) is 1.83. The molecule has 2 aromatic heterocycles. The third-order valence-electron chi connectivity index (χ3n) is 6.83. The highest BCUT2D eigenvalue weighted by atomic mass is 19.1. The van der Waals surface area contributed by atoms with Crippen molar-refractivity contribution in [1.29, 1.82) is 0 Å². The van der Waals surface area contributed by atoms with Crippen molar-refractivity contribution in [2.75, 3.05) is 7.11 Å². The fraction of sp³-hybridized carbons (Fsp3) is 0.346. The summed E-state index contributed by atoms with van der Waals surface area (Å²) in [4.78, 5) is 21.5. The molecule has 3 atom stereocenters. The van der Waals surface area contributed by atoms with Gasteiger partial charge in [0, 0.05) is 18.3 Å². The van der Waals surface area contributed by atoms with Gasteiger partial charge in [0.25, 0.3) is 0 Å². The number of ether oxygens (including phenoxy) is 2. The largest absolute Gasteiger partial charge is 0.481 e. The molecule has 0 bridgehead atoms. The van der Waals surface area contributed by atoms with Crippen LogP contribution in [0.25, 0.3) is 0 Å². The minimum atomic E-state index is -0.988. The molecule has 0 saturated heterocycles. The first-order chi connectivity index (χ1) is 16.3. The van der Waals surface area contributed by atoms with Crippen molar-refractivity contribution < 1.29 is 23.0 Å². The van der Waals surface area contributed by atoms with Crippen LogP contribution < -0.4 is 15.2 Å². The first-order valence-electron chi connectivity index (χ1n) is 11.2. The number of halogens is 2. The zero-order valence-corrected chi connectivity index (χ0v) is 19.1. The van der Waals surface area contributed by atoms with Crippen LogP contribution >= 0.6 is 0 Å². The molecule has 6 nitrogen and oxygen atoms in total. The standard InChI is InChI=1S/C26H27F2N3O3/c1-26(25(29)32,18-5-3-4-16(12-18)17-6-11-24(33-2)31-14-17)23-10-8-20(15-30-23)34-22-9-7-19(27)13-21(22)28/h6-11,13-16,18H,3-5,12H2,1-2H3,(H2,29,32)/t16-,18?,26?/m1/s1. The summed E-state index contributed by atoms with van der Waals surface area (Å²) in [6, 6.07) is 10.2. The minimum absolute atomic E-state index is 0.0142. The molecule has 0 spiro atoms. The fourth-order valence-corrected chi connectivity index (χ4v) is 4.74. The molecule has 4 rings (SSSR count). The molecule has 2 heterocycles. The van der Waals surface area contributed by atoms with Crippen LogP contribution in [0.15, 0.2) is 54.9 Å². The molecular formula is C26H27F2N3O3. The number of nitrogens with zero attached hydrogens (tertiary/aromatic N) is 2. The third-order valence-corrected chi connectivity index (χ3v) is 6.83. The summed E-state index contributed by atoms with van der Waals surface area (Å²) in [6.07, 6.45) is 6.83. The lowest BCUT2D eigenvalue weighted by Gasteiger charge is -2.40. The monoisotopic (exact) mass is 467 g/mol. The number of hydrogen-bond donors (Lipinski definition) is 1. The fourth-order valence-electron chi connectivity index (χ4n) is 4.74. The molecule has 1 aliphatic carbocycles. The Bertz CT molecular complexity index is 1150. The first-order valence-corrected chi connectivity index (χ1v) is 11.2. The summed E-state index contributed by atoms with van der Waals surface area (Å²) in [5, 5.41) is 0. The predicted octanol–water partition coefficient (Wildman–Crippen LogP) is 5.27. The van der Waals surface area contributed by atoms with Crippen molar-refractivity contribution >= 4 is 5.91 Å². The van der Waals surface area contributed by atoms with Gasteiger partial charge in [-0.15, -0.1) is 0 Å². The van der Waals surface area contributed by atoms with E-state index in [1.807, 2.05) is 25.3 Å². The zero-order valence-electron chi connectivity index (χ0n) is 19.1. The van der Waals surface area contributed by atoms with Crippen molar-refractivity contribution in [3.8, 4) is 17.4 Å². The normalized spacial score (nSPS) is 19.8. The second kappa shape index (κ2) is 9.75. The number of pyridine rings is 2. The quantitative estimate of drug-likeness (QED) is 0.511. The molecule has 8 heteroatoms. The molecule has 1 aromatic carbocycles. The molecule has 178 valence electrons. The van der Waals surface area contributed by atoms with E-state index >= 15 is 0 Å². The number of rotatable bonds is 7. The highest BCUT2D eigenvalue weighted by Crippen LogP contribution is 2.45. The lowest BCUT2D eigenvalue weighted by atomic mass is 9.64. The van der Waals surface area contributed by atoms with Crippen LogP contribution in [-0.2, 0) is 10.2 Å². The number of benzene rings is 1. The highest BCUT2D eigenvalue weighted by Gasteiger charge is 2.44. The Balaban J connectivity index is 1.55. The maximum atomic E-state index is 13.9. The lowest BCUT2D eigenvalue weighted by Crippen LogP contribution is -2.46. The van der Waals surface area contributed by atoms with Crippen molar-refractivity contribution in [3.63, 3.8) is 0 Å². The van der Waals surface area contributed by atoms with Gasteiger partial charge < -0.3 is 15.2 Å². The molecule has 1 amide bonds. The maximum absolute atomic E-state index is 13.9. The number of primary amides is 1. The number of hydrogen-bond acceptors (Lipinski definition) is 5. The van der Waals surface area contributed by atoms with Gasteiger partial charge in [0.15, 0.2) is 11.6 Å². The number of amides is 1. The van der Waals surface area contributed by atoms with Gasteiger partial charge in [-0.05, 0) is 67.9 Å². The zero-order chi connectivity index (χ0) is 24.3. The number of aromatic nitrogens is 2. The summed E-state index contributed by atoms with van der Waals surface area (Å²) >= 11 is 0. The van der Waals surface area contributed by atoms with Crippen LogP contribution in [-0.4, -0.2) is 23.0 Å². The highest BCUT2D eigenvalue weighted by molar-refractivity contribution is 5.86. The van der Waals surface area contributed by atoms with Crippen LogP contribution in [0.4, 0.5) is 8.78 Å². The predicted molar refractivity (Wildman–Crippen MR) is 123 cm³/mol. The molecule has 3 aromatic rings. The van der Waals surface area contributed by atoms with Gasteiger partial charge in [0.1, 0.15) is 11.6 Å². The van der Waals surface area contributed by atoms with E-state index in [4.69, 9.17) is 15.2 Å². The average molecular weight is 468 g/mol. The number of carbonyl (C=O) groups is 1. The van der Waals surface area contributed by atoms with E-state index in [9.17, 15) is 13.6 Å². The van der Waals surface area contributed by atoms with Gasteiger partial charge in [-0.25, -0.2) is 13.8 Å². The average Bonchev–Trinajstić information content (AvgIpc) is 2.85. The van der Waals surface area contributed by atoms with Crippen LogP contribution in [0.2, 0.25) is 0 Å². The van der Waals surface area contributed by atoms with E-state index in [1.54, 1.807) is 19.2 Å². The summed E-state index contributed by atoms with van der Waals surface area (Å²) < 4.78 is 37.7. The molecule has 2 N–H and O–H groups in total. The maximum Gasteiger partial charge on any atom is 0.229 e. The Labute approximate surface area is 197 Å². The number of nitrogens with two attached hydrogens (primary N) is 1. The Kier molecular flexibility index (Phi) is 6.77.